The molecule has 1 aromatic rings. The number of benzene rings is 1. The van der Waals surface area contributed by atoms with Gasteiger partial charge in [0.05, 0.1) is 17.5 Å². The Balaban J connectivity index is 2.61. The minimum Gasteiger partial charge on any atom is -0.286 e. The Hall–Kier alpha value is -1.95. The van der Waals surface area contributed by atoms with Gasteiger partial charge in [-0.2, -0.15) is 0 Å². The van der Waals surface area contributed by atoms with Gasteiger partial charge in [-0.1, -0.05) is 18.2 Å². The summed E-state index contributed by atoms with van der Waals surface area (Å²) >= 11 is 0. The number of hydrogen-bond donors (Lipinski definition) is 1. The number of sulfonamides is 1. The van der Waals surface area contributed by atoms with Crippen molar-refractivity contribution in [2.75, 3.05) is 11.0 Å². The highest BCUT2D eigenvalue weighted by Crippen LogP contribution is 2.25. The second-order valence-corrected chi connectivity index (χ2v) is 5.42. The molecule has 88 valence electrons. The number of carbonyl (C=O) groups is 2. The standard InChI is InChI=1S/C11H9NO4S/c1-17(15,16)12-8-4-2-3-7-5-6-9(13)11(14)10(7)8/h2-6,12H,1H3. The number of ketones is 2. The van der Waals surface area contributed by atoms with Crippen molar-refractivity contribution in [3.63, 3.8) is 0 Å². The third kappa shape index (κ3) is 2.26. The summed E-state index contributed by atoms with van der Waals surface area (Å²) in [6.45, 7) is 0. The van der Waals surface area contributed by atoms with Crippen molar-refractivity contribution in [3.8, 4) is 0 Å². The molecule has 0 aliphatic heterocycles. The van der Waals surface area contributed by atoms with E-state index in [1.165, 1.54) is 18.2 Å². The van der Waals surface area contributed by atoms with Crippen molar-refractivity contribution in [2.45, 2.75) is 0 Å². The molecule has 0 heterocycles. The van der Waals surface area contributed by atoms with Gasteiger partial charge in [0.15, 0.2) is 0 Å². The zero-order valence-corrected chi connectivity index (χ0v) is 9.74. The van der Waals surface area contributed by atoms with E-state index in [9.17, 15) is 18.0 Å². The van der Waals surface area contributed by atoms with Gasteiger partial charge in [0.25, 0.3) is 0 Å². The molecule has 0 saturated carbocycles. The molecular formula is C11H9NO4S. The van der Waals surface area contributed by atoms with Crippen LogP contribution in [0, 0.1) is 0 Å². The molecule has 1 aliphatic carbocycles. The van der Waals surface area contributed by atoms with Crippen LogP contribution in [0.25, 0.3) is 6.08 Å². The van der Waals surface area contributed by atoms with E-state index in [-0.39, 0.29) is 11.3 Å². The van der Waals surface area contributed by atoms with Gasteiger partial charge < -0.3 is 0 Å². The molecule has 0 unspecified atom stereocenters. The lowest BCUT2D eigenvalue weighted by Gasteiger charge is -2.13. The largest absolute Gasteiger partial charge is 0.286 e. The summed E-state index contributed by atoms with van der Waals surface area (Å²) in [6, 6.07) is 4.70. The smallest absolute Gasteiger partial charge is 0.235 e. The van der Waals surface area contributed by atoms with Crippen LogP contribution in [0.15, 0.2) is 24.3 Å². The van der Waals surface area contributed by atoms with Crippen LogP contribution in [0.2, 0.25) is 0 Å². The van der Waals surface area contributed by atoms with Gasteiger partial charge in [0, 0.05) is 0 Å². The van der Waals surface area contributed by atoms with Crippen molar-refractivity contribution < 1.29 is 18.0 Å². The van der Waals surface area contributed by atoms with Gasteiger partial charge >= 0.3 is 0 Å². The van der Waals surface area contributed by atoms with Gasteiger partial charge in [0.2, 0.25) is 21.6 Å². The second kappa shape index (κ2) is 3.81. The third-order valence-electron chi connectivity index (χ3n) is 2.26. The normalized spacial score (nSPS) is 14.6. The molecule has 2 rings (SSSR count). The van der Waals surface area contributed by atoms with E-state index in [4.69, 9.17) is 0 Å². The van der Waals surface area contributed by atoms with Crippen molar-refractivity contribution in [1.82, 2.24) is 0 Å². The number of Topliss-reactive ketones (excluding diaryl/α,β-unsaturated/α-hetero) is 1. The molecule has 17 heavy (non-hydrogen) atoms. The third-order valence-corrected chi connectivity index (χ3v) is 2.85. The Labute approximate surface area is 98.2 Å². The minimum absolute atomic E-state index is 0.102. The van der Waals surface area contributed by atoms with Crippen molar-refractivity contribution in [2.24, 2.45) is 0 Å². The fourth-order valence-corrected chi connectivity index (χ4v) is 2.18. The molecule has 1 aromatic carbocycles. The molecule has 5 nitrogen and oxygen atoms in total. The number of nitrogens with one attached hydrogen (secondary N) is 1. The van der Waals surface area contributed by atoms with Gasteiger partial charge in [0.1, 0.15) is 0 Å². The van der Waals surface area contributed by atoms with E-state index < -0.39 is 21.6 Å². The SMILES string of the molecule is CS(=O)(=O)Nc1cccc2c1C(=O)C(=O)C=C2. The summed E-state index contributed by atoms with van der Waals surface area (Å²) in [5, 5.41) is 0. The first-order valence-electron chi connectivity index (χ1n) is 4.76. The quantitative estimate of drug-likeness (QED) is 0.790. The van der Waals surface area contributed by atoms with Crippen LogP contribution in [0.5, 0.6) is 0 Å². The molecule has 0 saturated heterocycles. The molecular weight excluding hydrogens is 242 g/mol. The van der Waals surface area contributed by atoms with Crippen LogP contribution in [-0.2, 0) is 14.8 Å². The Morgan fingerprint density at radius 3 is 2.47 bits per heavy atom. The summed E-state index contributed by atoms with van der Waals surface area (Å²) in [4.78, 5) is 22.9. The van der Waals surface area contributed by atoms with Crippen LogP contribution in [0.1, 0.15) is 15.9 Å². The Kier molecular flexibility index (Phi) is 2.59. The molecule has 0 fully saturated rings. The fourth-order valence-electron chi connectivity index (χ4n) is 1.61. The summed E-state index contributed by atoms with van der Waals surface area (Å²) in [7, 11) is -3.49. The molecule has 0 amide bonds. The van der Waals surface area contributed by atoms with Crippen molar-refractivity contribution >= 4 is 33.4 Å². The van der Waals surface area contributed by atoms with Gasteiger partial charge in [-0.05, 0) is 17.7 Å². The van der Waals surface area contributed by atoms with Crippen LogP contribution in [-0.4, -0.2) is 26.2 Å². The lowest BCUT2D eigenvalue weighted by molar-refractivity contribution is -0.110. The summed E-state index contributed by atoms with van der Waals surface area (Å²) in [5.74, 6) is -1.35. The topological polar surface area (TPSA) is 80.3 Å². The molecule has 0 bridgehead atoms. The highest BCUT2D eigenvalue weighted by atomic mass is 32.2. The van der Waals surface area contributed by atoms with E-state index in [1.807, 2.05) is 0 Å². The maximum atomic E-state index is 11.7. The first-order valence-corrected chi connectivity index (χ1v) is 6.65. The number of hydrogen-bond acceptors (Lipinski definition) is 4. The minimum atomic E-state index is -3.49. The number of rotatable bonds is 2. The first-order chi connectivity index (χ1) is 7.88. The van der Waals surface area contributed by atoms with E-state index in [2.05, 4.69) is 4.72 Å². The zero-order valence-electron chi connectivity index (χ0n) is 8.93. The second-order valence-electron chi connectivity index (χ2n) is 3.67. The first kappa shape index (κ1) is 11.5. The molecule has 1 N–H and O–H groups in total. The van der Waals surface area contributed by atoms with Crippen LogP contribution >= 0.6 is 0 Å². The summed E-state index contributed by atoms with van der Waals surface area (Å²) in [6.07, 6.45) is 3.65. The zero-order chi connectivity index (χ0) is 12.6. The maximum absolute atomic E-state index is 11.7. The molecule has 0 spiro atoms. The molecule has 0 aromatic heterocycles. The maximum Gasteiger partial charge on any atom is 0.235 e. The summed E-state index contributed by atoms with van der Waals surface area (Å²) < 4.78 is 24.5. The van der Waals surface area contributed by atoms with E-state index >= 15 is 0 Å². The van der Waals surface area contributed by atoms with Crippen LogP contribution < -0.4 is 4.72 Å². The van der Waals surface area contributed by atoms with E-state index in [1.54, 1.807) is 12.1 Å². The highest BCUT2D eigenvalue weighted by molar-refractivity contribution is 7.92. The van der Waals surface area contributed by atoms with Crippen LogP contribution in [0.4, 0.5) is 5.69 Å². The van der Waals surface area contributed by atoms with Gasteiger partial charge in [-0.3, -0.25) is 14.3 Å². The summed E-state index contributed by atoms with van der Waals surface area (Å²) in [5.41, 5.74) is 0.765. The van der Waals surface area contributed by atoms with Gasteiger partial charge in [-0.25, -0.2) is 8.42 Å². The van der Waals surface area contributed by atoms with Crippen molar-refractivity contribution in [3.05, 3.63) is 35.4 Å². The van der Waals surface area contributed by atoms with E-state index in [0.717, 1.165) is 6.26 Å². The number of fused-ring (bicyclic) bond motifs is 1. The molecule has 0 atom stereocenters. The number of allylic oxidation sites excluding steroid dienone is 1. The van der Waals surface area contributed by atoms with Crippen LogP contribution in [0.3, 0.4) is 0 Å². The Bertz CT molecular complexity index is 643. The highest BCUT2D eigenvalue weighted by Gasteiger charge is 2.24. The fraction of sp³-hybridized carbons (Fsp3) is 0.0909. The predicted octanol–water partition coefficient (Wildman–Crippen LogP) is 0.837. The van der Waals surface area contributed by atoms with E-state index in [0.29, 0.717) is 5.56 Å². The number of anilines is 1. The van der Waals surface area contributed by atoms with Crippen molar-refractivity contribution in [1.29, 1.82) is 0 Å². The molecule has 0 radical (unpaired) electrons. The lowest BCUT2D eigenvalue weighted by atomic mass is 9.94. The molecule has 6 heteroatoms. The average molecular weight is 251 g/mol. The average Bonchev–Trinajstić information content (AvgIpc) is 2.21. The Morgan fingerprint density at radius 1 is 1.12 bits per heavy atom. The molecule has 1 aliphatic rings. The van der Waals surface area contributed by atoms with Gasteiger partial charge in [-0.15, -0.1) is 0 Å². The number of carbonyl (C=O) groups excluding carboxylic acids is 2. The Morgan fingerprint density at radius 2 is 1.82 bits per heavy atom. The predicted molar refractivity (Wildman–Crippen MR) is 63.3 cm³/mol. The monoisotopic (exact) mass is 251 g/mol. The lowest BCUT2D eigenvalue weighted by Crippen LogP contribution is -2.20.